The number of aromatic nitrogens is 2. The molecule has 0 fully saturated rings. The maximum absolute atomic E-state index is 2.36. The lowest BCUT2D eigenvalue weighted by Crippen LogP contribution is -1.92. The minimum Gasteiger partial charge on any atom is -0.342 e. The van der Waals surface area contributed by atoms with Gasteiger partial charge in [-0.05, 0) is 22.9 Å². The van der Waals surface area contributed by atoms with Gasteiger partial charge in [0.25, 0.3) is 0 Å². The third kappa shape index (κ3) is 1.53. The van der Waals surface area contributed by atoms with Gasteiger partial charge in [0, 0.05) is 46.7 Å². The van der Waals surface area contributed by atoms with E-state index in [9.17, 15) is 0 Å². The Bertz CT molecular complexity index is 1500. The third-order valence-electron chi connectivity index (χ3n) is 5.92. The first-order chi connectivity index (χ1) is 12.8. The Morgan fingerprint density at radius 2 is 1.15 bits per heavy atom. The predicted octanol–water partition coefficient (Wildman–Crippen LogP) is 6.13. The molecule has 0 N–H and O–H groups in total. The van der Waals surface area contributed by atoms with Gasteiger partial charge in [-0.25, -0.2) is 0 Å². The highest BCUT2D eigenvalue weighted by Gasteiger charge is 2.17. The summed E-state index contributed by atoms with van der Waals surface area (Å²) in [4.78, 5) is 0. The molecule has 4 aromatic carbocycles. The van der Waals surface area contributed by atoms with Crippen molar-refractivity contribution in [3.63, 3.8) is 0 Å². The van der Waals surface area contributed by atoms with Gasteiger partial charge in [0.1, 0.15) is 0 Å². The molecule has 6 rings (SSSR count). The van der Waals surface area contributed by atoms with E-state index in [1.807, 2.05) is 0 Å². The summed E-state index contributed by atoms with van der Waals surface area (Å²) in [5.41, 5.74) is 5.20. The molecule has 0 bridgehead atoms. The number of para-hydroxylation sites is 1. The lowest BCUT2D eigenvalue weighted by molar-refractivity contribution is 0.986. The van der Waals surface area contributed by atoms with Crippen LogP contribution in [0.1, 0.15) is 0 Å². The predicted molar refractivity (Wildman–Crippen MR) is 112 cm³/mol. The summed E-state index contributed by atoms with van der Waals surface area (Å²) in [5, 5.41) is 7.96. The van der Waals surface area contributed by atoms with E-state index in [0.29, 0.717) is 0 Å². The summed E-state index contributed by atoms with van der Waals surface area (Å²) < 4.78 is 4.70. The lowest BCUT2D eigenvalue weighted by Gasteiger charge is -2.03. The van der Waals surface area contributed by atoms with Crippen molar-refractivity contribution in [2.75, 3.05) is 0 Å². The fourth-order valence-corrected chi connectivity index (χ4v) is 4.74. The maximum Gasteiger partial charge on any atom is 0.0736 e. The number of rotatable bonds is 0. The zero-order valence-corrected chi connectivity index (χ0v) is 14.8. The van der Waals surface area contributed by atoms with Crippen LogP contribution in [0.15, 0.2) is 72.8 Å². The summed E-state index contributed by atoms with van der Waals surface area (Å²) in [7, 11) is 4.37. The molecular formula is C24H18N2. The van der Waals surface area contributed by atoms with Gasteiger partial charge in [0.15, 0.2) is 0 Å². The molecule has 0 aliphatic carbocycles. The first-order valence-corrected chi connectivity index (χ1v) is 9.01. The van der Waals surface area contributed by atoms with Crippen LogP contribution in [0.5, 0.6) is 0 Å². The third-order valence-corrected chi connectivity index (χ3v) is 5.92. The molecule has 0 radical (unpaired) electrons. The van der Waals surface area contributed by atoms with Gasteiger partial charge in [0.2, 0.25) is 0 Å². The molecular weight excluding hydrogens is 316 g/mol. The first kappa shape index (κ1) is 14.0. The van der Waals surface area contributed by atoms with E-state index < -0.39 is 0 Å². The van der Waals surface area contributed by atoms with Crippen molar-refractivity contribution in [1.82, 2.24) is 9.13 Å². The Morgan fingerprint density at radius 1 is 0.500 bits per heavy atom. The summed E-state index contributed by atoms with van der Waals surface area (Å²) in [6, 6.07) is 26.4. The van der Waals surface area contributed by atoms with Crippen LogP contribution < -0.4 is 0 Å². The molecule has 2 nitrogen and oxygen atoms in total. The summed E-state index contributed by atoms with van der Waals surface area (Å²) in [5.74, 6) is 0. The van der Waals surface area contributed by atoms with Gasteiger partial charge in [-0.1, -0.05) is 60.7 Å². The zero-order valence-electron chi connectivity index (χ0n) is 14.8. The van der Waals surface area contributed by atoms with Gasteiger partial charge >= 0.3 is 0 Å². The SMILES string of the molecule is Cn1c2ccccc2c2ccc3c4c5ccccc5ccc4n(C)c3c21. The van der Waals surface area contributed by atoms with Crippen molar-refractivity contribution in [3.8, 4) is 0 Å². The molecule has 0 atom stereocenters. The fourth-order valence-electron chi connectivity index (χ4n) is 4.74. The average Bonchev–Trinajstić information content (AvgIpc) is 3.15. The molecule has 124 valence electrons. The number of hydrogen-bond acceptors (Lipinski definition) is 0. The van der Waals surface area contributed by atoms with Crippen LogP contribution in [-0.4, -0.2) is 9.13 Å². The Balaban J connectivity index is 1.97. The van der Waals surface area contributed by atoms with Crippen LogP contribution in [0, 0.1) is 0 Å². The fraction of sp³-hybridized carbons (Fsp3) is 0.0833. The highest BCUT2D eigenvalue weighted by atomic mass is 15.0. The summed E-state index contributed by atoms with van der Waals surface area (Å²) >= 11 is 0. The van der Waals surface area contributed by atoms with Crippen LogP contribution in [0.2, 0.25) is 0 Å². The molecule has 0 unspecified atom stereocenters. The topological polar surface area (TPSA) is 9.86 Å². The molecule has 0 saturated carbocycles. The molecule has 2 aromatic heterocycles. The molecule has 0 amide bonds. The Morgan fingerprint density at radius 3 is 2.04 bits per heavy atom. The van der Waals surface area contributed by atoms with Gasteiger partial charge in [0.05, 0.1) is 11.0 Å². The number of fused-ring (bicyclic) bond motifs is 9. The largest absolute Gasteiger partial charge is 0.342 e. The molecule has 2 heterocycles. The minimum atomic E-state index is 1.28. The summed E-state index contributed by atoms with van der Waals surface area (Å²) in [6.07, 6.45) is 0. The molecule has 0 aliphatic rings. The van der Waals surface area contributed by atoms with Gasteiger partial charge in [-0.3, -0.25) is 0 Å². The number of aryl methyl sites for hydroxylation is 2. The van der Waals surface area contributed by atoms with E-state index >= 15 is 0 Å². The lowest BCUT2D eigenvalue weighted by atomic mass is 10.0. The first-order valence-electron chi connectivity index (χ1n) is 9.01. The maximum atomic E-state index is 2.36. The second-order valence-electron chi connectivity index (χ2n) is 7.17. The van der Waals surface area contributed by atoms with E-state index in [-0.39, 0.29) is 0 Å². The molecule has 26 heavy (non-hydrogen) atoms. The quantitative estimate of drug-likeness (QED) is 0.316. The van der Waals surface area contributed by atoms with Crippen LogP contribution in [0.3, 0.4) is 0 Å². The number of hydrogen-bond donors (Lipinski definition) is 0. The smallest absolute Gasteiger partial charge is 0.0736 e. The number of nitrogens with zero attached hydrogens (tertiary/aromatic N) is 2. The summed E-state index contributed by atoms with van der Waals surface area (Å²) in [6.45, 7) is 0. The highest BCUT2D eigenvalue weighted by molar-refractivity contribution is 6.27. The molecule has 0 aliphatic heterocycles. The number of benzene rings is 4. The standard InChI is InChI=1S/C24H18N2/c1-25-20-10-6-5-9-17(20)18-12-13-19-22-16-8-4-3-7-15(16)11-14-21(22)26(2)24(19)23(18)25/h3-14H,1-2H3. The molecule has 2 heteroatoms. The van der Waals surface area contributed by atoms with Crippen LogP contribution in [-0.2, 0) is 14.1 Å². The Labute approximate surface area is 150 Å². The van der Waals surface area contributed by atoms with E-state index in [0.717, 1.165) is 0 Å². The van der Waals surface area contributed by atoms with E-state index in [1.54, 1.807) is 0 Å². The second-order valence-corrected chi connectivity index (χ2v) is 7.17. The van der Waals surface area contributed by atoms with Crippen LogP contribution in [0.25, 0.3) is 54.4 Å². The van der Waals surface area contributed by atoms with Crippen LogP contribution >= 0.6 is 0 Å². The minimum absolute atomic E-state index is 1.28. The molecule has 6 aromatic rings. The van der Waals surface area contributed by atoms with E-state index in [4.69, 9.17) is 0 Å². The monoisotopic (exact) mass is 334 g/mol. The average molecular weight is 334 g/mol. The second kappa shape index (κ2) is 4.67. The van der Waals surface area contributed by atoms with Gasteiger partial charge in [-0.15, -0.1) is 0 Å². The van der Waals surface area contributed by atoms with Crippen LogP contribution in [0.4, 0.5) is 0 Å². The van der Waals surface area contributed by atoms with E-state index in [2.05, 4.69) is 96.0 Å². The van der Waals surface area contributed by atoms with E-state index in [1.165, 1.54) is 54.4 Å². The van der Waals surface area contributed by atoms with Crippen molar-refractivity contribution >= 4 is 54.4 Å². The highest BCUT2D eigenvalue weighted by Crippen LogP contribution is 2.40. The van der Waals surface area contributed by atoms with Gasteiger partial charge in [-0.2, -0.15) is 0 Å². The van der Waals surface area contributed by atoms with Gasteiger partial charge < -0.3 is 9.13 Å². The van der Waals surface area contributed by atoms with Crippen molar-refractivity contribution in [2.45, 2.75) is 0 Å². The van der Waals surface area contributed by atoms with Crippen molar-refractivity contribution < 1.29 is 0 Å². The van der Waals surface area contributed by atoms with Crippen molar-refractivity contribution in [1.29, 1.82) is 0 Å². The normalized spacial score (nSPS) is 12.2. The Kier molecular flexibility index (Phi) is 2.51. The van der Waals surface area contributed by atoms with Crippen molar-refractivity contribution in [2.24, 2.45) is 14.1 Å². The zero-order chi connectivity index (χ0) is 17.4. The molecule has 0 spiro atoms. The molecule has 0 saturated heterocycles. The Hall–Kier alpha value is -3.26. The van der Waals surface area contributed by atoms with Crippen molar-refractivity contribution in [3.05, 3.63) is 72.8 Å².